The van der Waals surface area contributed by atoms with Gasteiger partial charge in [-0.25, -0.2) is 13.2 Å². The number of carbonyl (C=O) groups excluding carboxylic acids is 1. The van der Waals surface area contributed by atoms with E-state index in [9.17, 15) is 18.0 Å². The summed E-state index contributed by atoms with van der Waals surface area (Å²) in [4.78, 5) is 24.4. The first kappa shape index (κ1) is 18.9. The highest BCUT2D eigenvalue weighted by Crippen LogP contribution is 2.23. The second-order valence-electron chi connectivity index (χ2n) is 6.42. The molecule has 142 valence electrons. The summed E-state index contributed by atoms with van der Waals surface area (Å²) in [5.74, 6) is -1.06. The Labute approximate surface area is 157 Å². The molecule has 2 aromatic carbocycles. The van der Waals surface area contributed by atoms with Gasteiger partial charge in [0.25, 0.3) is 10.0 Å². The number of benzene rings is 2. The summed E-state index contributed by atoms with van der Waals surface area (Å²) in [6.45, 7) is 2.73. The highest BCUT2D eigenvalue weighted by Gasteiger charge is 2.20. The zero-order valence-corrected chi connectivity index (χ0v) is 15.6. The maximum atomic E-state index is 12.7. The molecular weight excluding hydrogens is 368 g/mol. The number of carbonyl (C=O) groups is 2. The normalized spacial score (nSPS) is 14.2. The van der Waals surface area contributed by atoms with Crippen molar-refractivity contribution in [2.75, 3.05) is 17.8 Å². The van der Waals surface area contributed by atoms with E-state index in [0.29, 0.717) is 25.9 Å². The average Bonchev–Trinajstić information content (AvgIpc) is 2.84. The predicted octanol–water partition coefficient (Wildman–Crippen LogP) is 2.13. The van der Waals surface area contributed by atoms with Gasteiger partial charge in [0, 0.05) is 25.7 Å². The molecule has 8 heteroatoms. The van der Waals surface area contributed by atoms with Crippen molar-refractivity contribution in [1.82, 2.24) is 4.90 Å². The lowest BCUT2D eigenvalue weighted by atomic mass is 10.0. The van der Waals surface area contributed by atoms with Crippen molar-refractivity contribution in [3.8, 4) is 0 Å². The highest BCUT2D eigenvalue weighted by molar-refractivity contribution is 7.92. The Morgan fingerprint density at radius 1 is 1.00 bits per heavy atom. The van der Waals surface area contributed by atoms with Crippen molar-refractivity contribution in [2.45, 2.75) is 24.7 Å². The number of rotatable bonds is 4. The second-order valence-corrected chi connectivity index (χ2v) is 8.11. The second kappa shape index (κ2) is 7.40. The third-order valence-corrected chi connectivity index (χ3v) is 6.00. The number of nitrogens with one attached hydrogen (secondary N) is 1. The summed E-state index contributed by atoms with van der Waals surface area (Å²) < 4.78 is 27.8. The Morgan fingerprint density at radius 3 is 2.22 bits per heavy atom. The number of anilines is 1. The summed E-state index contributed by atoms with van der Waals surface area (Å²) in [7, 11) is -3.80. The van der Waals surface area contributed by atoms with Crippen LogP contribution in [0.1, 0.15) is 28.4 Å². The average molecular weight is 388 g/mol. The Bertz CT molecular complexity index is 984. The van der Waals surface area contributed by atoms with Crippen LogP contribution < -0.4 is 4.72 Å². The molecule has 0 fully saturated rings. The Morgan fingerprint density at radius 2 is 1.63 bits per heavy atom. The third-order valence-electron chi connectivity index (χ3n) is 4.62. The summed E-state index contributed by atoms with van der Waals surface area (Å²) in [5, 5.41) is 8.91. The number of aromatic carboxylic acids is 1. The number of nitrogens with zero attached hydrogens (tertiary/aromatic N) is 1. The summed E-state index contributed by atoms with van der Waals surface area (Å²) >= 11 is 0. The SMILES string of the molecule is CC(=O)N1CCc2ccc(S(=O)(=O)Nc3ccc(C(=O)O)cc3)cc2CC1. The summed E-state index contributed by atoms with van der Waals surface area (Å²) in [5.41, 5.74) is 2.34. The van der Waals surface area contributed by atoms with Gasteiger partial charge in [-0.2, -0.15) is 0 Å². The number of hydrogen-bond acceptors (Lipinski definition) is 4. The van der Waals surface area contributed by atoms with Crippen LogP contribution >= 0.6 is 0 Å². The standard InChI is InChI=1S/C19H20N2O5S/c1-13(22)21-10-8-14-4-7-18(12-16(14)9-11-21)27(25,26)20-17-5-2-15(3-6-17)19(23)24/h2-7,12,20H,8-11H2,1H3,(H,23,24). The maximum Gasteiger partial charge on any atom is 0.335 e. The number of hydrogen-bond donors (Lipinski definition) is 2. The first-order valence-corrected chi connectivity index (χ1v) is 9.98. The fraction of sp³-hybridized carbons (Fsp3) is 0.263. The van der Waals surface area contributed by atoms with E-state index in [4.69, 9.17) is 5.11 Å². The van der Waals surface area contributed by atoms with Crippen LogP contribution in [0, 0.1) is 0 Å². The number of fused-ring (bicyclic) bond motifs is 1. The molecule has 2 aromatic rings. The van der Waals surface area contributed by atoms with Gasteiger partial charge in [-0.3, -0.25) is 9.52 Å². The minimum absolute atomic E-state index is 0.0159. The minimum Gasteiger partial charge on any atom is -0.478 e. The van der Waals surface area contributed by atoms with Crippen molar-refractivity contribution in [2.24, 2.45) is 0 Å². The molecule has 1 aliphatic heterocycles. The fourth-order valence-electron chi connectivity index (χ4n) is 3.08. The van der Waals surface area contributed by atoms with E-state index in [1.54, 1.807) is 23.1 Å². The molecule has 0 spiro atoms. The molecule has 3 rings (SSSR count). The number of amides is 1. The third kappa shape index (κ3) is 4.28. The van der Waals surface area contributed by atoms with Gasteiger partial charge in [0.1, 0.15) is 0 Å². The number of carboxylic acids is 1. The Hall–Kier alpha value is -2.87. The van der Waals surface area contributed by atoms with Crippen LogP contribution in [0.3, 0.4) is 0 Å². The lowest BCUT2D eigenvalue weighted by Crippen LogP contribution is -2.30. The molecule has 27 heavy (non-hydrogen) atoms. The lowest BCUT2D eigenvalue weighted by molar-refractivity contribution is -0.128. The van der Waals surface area contributed by atoms with Crippen molar-refractivity contribution in [3.63, 3.8) is 0 Å². The van der Waals surface area contributed by atoms with Gasteiger partial charge in [0.2, 0.25) is 5.91 Å². The molecule has 1 aliphatic rings. The van der Waals surface area contributed by atoms with E-state index in [1.807, 2.05) is 0 Å². The van der Waals surface area contributed by atoms with E-state index >= 15 is 0 Å². The zero-order valence-electron chi connectivity index (χ0n) is 14.8. The molecule has 0 unspecified atom stereocenters. The van der Waals surface area contributed by atoms with E-state index in [0.717, 1.165) is 11.1 Å². The van der Waals surface area contributed by atoms with Gasteiger partial charge in [-0.1, -0.05) is 6.07 Å². The van der Waals surface area contributed by atoms with Crippen LogP contribution in [0.25, 0.3) is 0 Å². The van der Waals surface area contributed by atoms with Gasteiger partial charge < -0.3 is 10.0 Å². The van der Waals surface area contributed by atoms with Crippen LogP contribution in [0.4, 0.5) is 5.69 Å². The maximum absolute atomic E-state index is 12.7. The predicted molar refractivity (Wildman–Crippen MR) is 100 cm³/mol. The molecule has 0 saturated carbocycles. The quantitative estimate of drug-likeness (QED) is 0.835. The molecule has 2 N–H and O–H groups in total. The highest BCUT2D eigenvalue weighted by atomic mass is 32.2. The smallest absolute Gasteiger partial charge is 0.335 e. The van der Waals surface area contributed by atoms with Gasteiger partial charge >= 0.3 is 5.97 Å². The monoisotopic (exact) mass is 388 g/mol. The molecule has 0 bridgehead atoms. The van der Waals surface area contributed by atoms with Gasteiger partial charge in [-0.05, 0) is 60.4 Å². The molecular formula is C19H20N2O5S. The van der Waals surface area contributed by atoms with Gasteiger partial charge in [-0.15, -0.1) is 0 Å². The van der Waals surface area contributed by atoms with Crippen LogP contribution in [0.5, 0.6) is 0 Å². The van der Waals surface area contributed by atoms with Crippen molar-refractivity contribution >= 4 is 27.6 Å². The molecule has 0 aromatic heterocycles. The first-order chi connectivity index (χ1) is 12.8. The molecule has 0 aliphatic carbocycles. The largest absolute Gasteiger partial charge is 0.478 e. The van der Waals surface area contributed by atoms with Crippen LogP contribution in [0.15, 0.2) is 47.4 Å². The van der Waals surface area contributed by atoms with E-state index in [2.05, 4.69) is 4.72 Å². The molecule has 7 nitrogen and oxygen atoms in total. The van der Waals surface area contributed by atoms with Crippen LogP contribution in [0.2, 0.25) is 0 Å². The lowest BCUT2D eigenvalue weighted by Gasteiger charge is -2.17. The molecule has 1 heterocycles. The van der Waals surface area contributed by atoms with E-state index in [1.165, 1.54) is 31.2 Å². The molecule has 0 atom stereocenters. The fourth-order valence-corrected chi connectivity index (χ4v) is 4.19. The first-order valence-electron chi connectivity index (χ1n) is 8.50. The van der Waals surface area contributed by atoms with Crippen molar-refractivity contribution in [3.05, 3.63) is 59.2 Å². The molecule has 1 amide bonds. The zero-order chi connectivity index (χ0) is 19.6. The summed E-state index contributed by atoms with van der Waals surface area (Å²) in [6.07, 6.45) is 1.30. The molecule has 0 saturated heterocycles. The summed E-state index contributed by atoms with van der Waals surface area (Å²) in [6, 6.07) is 10.5. The van der Waals surface area contributed by atoms with Crippen LogP contribution in [-0.4, -0.2) is 43.4 Å². The Balaban J connectivity index is 1.81. The molecule has 0 radical (unpaired) electrons. The number of sulfonamides is 1. The van der Waals surface area contributed by atoms with Gasteiger partial charge in [0.15, 0.2) is 0 Å². The minimum atomic E-state index is -3.80. The van der Waals surface area contributed by atoms with Crippen molar-refractivity contribution < 1.29 is 23.1 Å². The van der Waals surface area contributed by atoms with Crippen molar-refractivity contribution in [1.29, 1.82) is 0 Å². The Kier molecular flexibility index (Phi) is 5.18. The van der Waals surface area contributed by atoms with E-state index < -0.39 is 16.0 Å². The van der Waals surface area contributed by atoms with Crippen LogP contribution in [-0.2, 0) is 27.7 Å². The topological polar surface area (TPSA) is 104 Å². The van der Waals surface area contributed by atoms with E-state index in [-0.39, 0.29) is 22.1 Å². The number of carboxylic acid groups (broad SMARTS) is 1. The van der Waals surface area contributed by atoms with Gasteiger partial charge in [0.05, 0.1) is 10.5 Å².